The lowest BCUT2D eigenvalue weighted by Gasteiger charge is -2.33. The number of allylic oxidation sites excluding steroid dienone is 1. The minimum absolute atomic E-state index is 0.744. The van der Waals surface area contributed by atoms with Crippen molar-refractivity contribution in [3.8, 4) is 11.1 Å². The Morgan fingerprint density at radius 2 is 1.68 bits per heavy atom. The molecule has 0 bridgehead atoms. The molecule has 8 nitrogen and oxygen atoms in total. The summed E-state index contributed by atoms with van der Waals surface area (Å²) >= 11 is 0. The monoisotopic (exact) mass is 494 g/mol. The van der Waals surface area contributed by atoms with Gasteiger partial charge in [0, 0.05) is 38.6 Å². The van der Waals surface area contributed by atoms with Gasteiger partial charge in [0.1, 0.15) is 11.5 Å². The molecular formula is C29H34N8. The predicted octanol–water partition coefficient (Wildman–Crippen LogP) is 4.56. The van der Waals surface area contributed by atoms with Gasteiger partial charge in [0.05, 0.1) is 29.5 Å². The van der Waals surface area contributed by atoms with E-state index in [2.05, 4.69) is 78.0 Å². The summed E-state index contributed by atoms with van der Waals surface area (Å²) in [6.07, 6.45) is 7.55. The highest BCUT2D eigenvalue weighted by Gasteiger charge is 2.15. The fourth-order valence-electron chi connectivity index (χ4n) is 4.27. The Kier molecular flexibility index (Phi) is 8.56. The van der Waals surface area contributed by atoms with Crippen molar-refractivity contribution in [1.82, 2.24) is 19.3 Å². The topological polar surface area (TPSA) is 87.4 Å². The van der Waals surface area contributed by atoms with E-state index in [1.807, 2.05) is 61.9 Å². The zero-order valence-electron chi connectivity index (χ0n) is 21.7. The van der Waals surface area contributed by atoms with E-state index in [0.29, 0.717) is 0 Å². The fourth-order valence-corrected chi connectivity index (χ4v) is 4.27. The van der Waals surface area contributed by atoms with E-state index in [4.69, 9.17) is 0 Å². The van der Waals surface area contributed by atoms with E-state index < -0.39 is 0 Å². The third-order valence-electron chi connectivity index (χ3n) is 6.35. The number of pyridine rings is 2. The highest BCUT2D eigenvalue weighted by atomic mass is 15.3. The molecule has 0 amide bonds. The molecule has 1 saturated heterocycles. The smallest absolute Gasteiger partial charge is 0.137 e. The molecule has 8 heteroatoms. The van der Waals surface area contributed by atoms with Crippen LogP contribution in [-0.2, 0) is 0 Å². The molecule has 37 heavy (non-hydrogen) atoms. The second kappa shape index (κ2) is 12.2. The maximum absolute atomic E-state index is 4.64. The summed E-state index contributed by atoms with van der Waals surface area (Å²) in [5.74, 6) is 0.998. The van der Waals surface area contributed by atoms with Crippen LogP contribution in [0.4, 0.5) is 11.5 Å². The maximum Gasteiger partial charge on any atom is 0.137 e. The zero-order valence-corrected chi connectivity index (χ0v) is 21.7. The molecule has 0 unspecified atom stereocenters. The van der Waals surface area contributed by atoms with Crippen LogP contribution in [0.2, 0.25) is 0 Å². The second-order valence-electron chi connectivity index (χ2n) is 8.77. The highest BCUT2D eigenvalue weighted by Crippen LogP contribution is 2.25. The van der Waals surface area contributed by atoms with Crippen LogP contribution in [0.15, 0.2) is 88.7 Å². The molecule has 2 N–H and O–H groups in total. The second-order valence-corrected chi connectivity index (χ2v) is 8.77. The Hall–Kier alpha value is -4.14. The van der Waals surface area contributed by atoms with Crippen LogP contribution >= 0.6 is 0 Å². The number of hydrogen-bond donors (Lipinski definition) is 1. The lowest BCUT2D eigenvalue weighted by molar-refractivity contribution is 0.312. The number of piperazine rings is 1. The first-order chi connectivity index (χ1) is 18.1. The molecule has 1 aliphatic heterocycles. The number of anilines is 1. The Labute approximate surface area is 218 Å². The Morgan fingerprint density at radius 3 is 2.35 bits per heavy atom. The van der Waals surface area contributed by atoms with Gasteiger partial charge in [-0.2, -0.15) is 0 Å². The van der Waals surface area contributed by atoms with Gasteiger partial charge in [-0.05, 0) is 68.7 Å². The standard InChI is InChI=1S/C28H29N7.CH5N/c1-21(17-30-24-10-12-26(31-18-24)34-15-13-33(3)14-16-34)28(29-2)25-19-32-27-11-9-23(20-35(25)27)22-7-5-4-6-8-22;1-2/h4-12,17-20H,2,13-16H2,1,3H3;2H2,1H3/b28-21-,30-17?;. The van der Waals surface area contributed by atoms with E-state index in [1.165, 1.54) is 7.05 Å². The highest BCUT2D eigenvalue weighted by molar-refractivity contribution is 5.91. The number of nitrogens with two attached hydrogens (primary N) is 1. The predicted molar refractivity (Wildman–Crippen MR) is 155 cm³/mol. The van der Waals surface area contributed by atoms with E-state index in [9.17, 15) is 0 Å². The van der Waals surface area contributed by atoms with Crippen molar-refractivity contribution >= 4 is 35.8 Å². The molecule has 5 rings (SSSR count). The van der Waals surface area contributed by atoms with Gasteiger partial charge in [-0.3, -0.25) is 14.4 Å². The quantitative estimate of drug-likeness (QED) is 0.397. The number of benzene rings is 1. The number of rotatable bonds is 6. The summed E-state index contributed by atoms with van der Waals surface area (Å²) in [5.41, 5.74) is 10.9. The molecule has 1 fully saturated rings. The number of nitrogens with zero attached hydrogens (tertiary/aromatic N) is 7. The largest absolute Gasteiger partial charge is 0.354 e. The average Bonchev–Trinajstić information content (AvgIpc) is 3.37. The van der Waals surface area contributed by atoms with Gasteiger partial charge in [0.15, 0.2) is 0 Å². The first kappa shape index (κ1) is 25.9. The first-order valence-electron chi connectivity index (χ1n) is 12.3. The summed E-state index contributed by atoms with van der Waals surface area (Å²) in [7, 11) is 3.65. The van der Waals surface area contributed by atoms with Gasteiger partial charge in [-0.25, -0.2) is 9.97 Å². The molecule has 190 valence electrons. The lowest BCUT2D eigenvalue weighted by Crippen LogP contribution is -2.44. The van der Waals surface area contributed by atoms with E-state index >= 15 is 0 Å². The zero-order chi connectivity index (χ0) is 26.2. The Morgan fingerprint density at radius 1 is 0.919 bits per heavy atom. The van der Waals surface area contributed by atoms with Crippen LogP contribution < -0.4 is 10.6 Å². The summed E-state index contributed by atoms with van der Waals surface area (Å²) in [5, 5.41) is 0. The van der Waals surface area contributed by atoms with Crippen molar-refractivity contribution in [1.29, 1.82) is 0 Å². The third-order valence-corrected chi connectivity index (χ3v) is 6.35. The Bertz CT molecular complexity index is 1380. The van der Waals surface area contributed by atoms with Crippen LogP contribution in [-0.4, -0.2) is 72.5 Å². The molecule has 0 radical (unpaired) electrons. The Balaban J connectivity index is 0.00000156. The van der Waals surface area contributed by atoms with Crippen molar-refractivity contribution in [2.75, 3.05) is 45.2 Å². The minimum atomic E-state index is 0.744. The molecule has 4 aromatic rings. The van der Waals surface area contributed by atoms with E-state index in [0.717, 1.165) is 71.4 Å². The van der Waals surface area contributed by atoms with Gasteiger partial charge in [-0.1, -0.05) is 30.3 Å². The summed E-state index contributed by atoms with van der Waals surface area (Å²) in [4.78, 5) is 22.8. The lowest BCUT2D eigenvalue weighted by atomic mass is 10.1. The van der Waals surface area contributed by atoms with Crippen molar-refractivity contribution in [2.24, 2.45) is 15.7 Å². The van der Waals surface area contributed by atoms with Crippen molar-refractivity contribution in [3.05, 3.63) is 84.5 Å². The van der Waals surface area contributed by atoms with Gasteiger partial charge in [0.2, 0.25) is 0 Å². The van der Waals surface area contributed by atoms with Crippen LogP contribution in [0.1, 0.15) is 12.6 Å². The molecule has 0 aliphatic carbocycles. The number of aromatic nitrogens is 3. The van der Waals surface area contributed by atoms with E-state index in [-0.39, 0.29) is 0 Å². The number of aliphatic imine (C=N–C) groups is 2. The van der Waals surface area contributed by atoms with Gasteiger partial charge >= 0.3 is 0 Å². The summed E-state index contributed by atoms with van der Waals surface area (Å²) < 4.78 is 2.05. The van der Waals surface area contributed by atoms with Crippen LogP contribution in [0.3, 0.4) is 0 Å². The van der Waals surface area contributed by atoms with E-state index in [1.54, 1.807) is 0 Å². The van der Waals surface area contributed by atoms with Gasteiger partial charge in [-0.15, -0.1) is 0 Å². The average molecular weight is 495 g/mol. The van der Waals surface area contributed by atoms with Crippen LogP contribution in [0.25, 0.3) is 22.5 Å². The van der Waals surface area contributed by atoms with Crippen molar-refractivity contribution in [2.45, 2.75) is 6.92 Å². The molecule has 3 aromatic heterocycles. The fraction of sp³-hybridized carbons (Fsp3) is 0.241. The van der Waals surface area contributed by atoms with Crippen LogP contribution in [0, 0.1) is 0 Å². The third kappa shape index (κ3) is 5.99. The molecule has 1 aliphatic rings. The maximum atomic E-state index is 4.64. The number of hydrogen-bond acceptors (Lipinski definition) is 7. The van der Waals surface area contributed by atoms with Gasteiger partial charge < -0.3 is 15.5 Å². The molecule has 1 aromatic carbocycles. The number of fused-ring (bicyclic) bond motifs is 1. The summed E-state index contributed by atoms with van der Waals surface area (Å²) in [6.45, 7) is 9.90. The van der Waals surface area contributed by atoms with Crippen LogP contribution in [0.5, 0.6) is 0 Å². The molecule has 0 saturated carbocycles. The first-order valence-corrected chi connectivity index (χ1v) is 12.3. The van der Waals surface area contributed by atoms with Crippen molar-refractivity contribution < 1.29 is 0 Å². The molecule has 4 heterocycles. The summed E-state index contributed by atoms with van der Waals surface area (Å²) in [6, 6.07) is 18.4. The van der Waals surface area contributed by atoms with Gasteiger partial charge in [0.25, 0.3) is 0 Å². The number of imidazole rings is 1. The minimum Gasteiger partial charge on any atom is -0.354 e. The normalized spacial score (nSPS) is 14.9. The SMILES string of the molecule is C=N/C(=C(/C)C=Nc1ccc(N2CCN(C)CC2)nc1)c1cnc2ccc(-c3ccccc3)cn12.CN. The number of likely N-dealkylation sites (N-methyl/N-ethyl adjacent to an activating group) is 1. The molecule has 0 atom stereocenters. The van der Waals surface area contributed by atoms with Crippen molar-refractivity contribution in [3.63, 3.8) is 0 Å². The molecular weight excluding hydrogens is 460 g/mol. The molecule has 0 spiro atoms.